The van der Waals surface area contributed by atoms with Gasteiger partial charge in [-0.15, -0.1) is 0 Å². The summed E-state index contributed by atoms with van der Waals surface area (Å²) in [5.41, 5.74) is 0.743. The molecule has 1 aromatic rings. The van der Waals surface area contributed by atoms with Crippen molar-refractivity contribution in [3.05, 3.63) is 12.0 Å². The molecule has 0 saturated carbocycles. The second-order valence-electron chi connectivity index (χ2n) is 9.71. The van der Waals surface area contributed by atoms with E-state index in [1.54, 1.807) is 12.7 Å². The van der Waals surface area contributed by atoms with Crippen molar-refractivity contribution in [2.75, 3.05) is 13.2 Å². The Morgan fingerprint density at radius 3 is 2.62 bits per heavy atom. The molecule has 2 aliphatic rings. The third kappa shape index (κ3) is 5.38. The Bertz CT molecular complexity index is 878. The summed E-state index contributed by atoms with van der Waals surface area (Å²) in [7, 11) is -2.05. The van der Waals surface area contributed by atoms with Gasteiger partial charge in [-0.2, -0.15) is 0 Å². The van der Waals surface area contributed by atoms with Crippen molar-refractivity contribution in [1.29, 1.82) is 0 Å². The van der Waals surface area contributed by atoms with Crippen LogP contribution in [0.25, 0.3) is 0 Å². The molecule has 32 heavy (non-hydrogen) atoms. The number of imidazole rings is 1. The minimum atomic E-state index is -2.05. The summed E-state index contributed by atoms with van der Waals surface area (Å²) in [5.74, 6) is -0.198. The first-order valence-electron chi connectivity index (χ1n) is 10.9. The fourth-order valence-electron chi connectivity index (χ4n) is 3.49. The highest BCUT2D eigenvalue weighted by Crippen LogP contribution is 2.42. The van der Waals surface area contributed by atoms with Crippen LogP contribution in [0, 0.1) is 0 Å². The van der Waals surface area contributed by atoms with E-state index in [1.807, 2.05) is 4.57 Å². The topological polar surface area (TPSA) is 113 Å². The summed E-state index contributed by atoms with van der Waals surface area (Å²) in [6.07, 6.45) is 1.88. The Kier molecular flexibility index (Phi) is 7.11. The number of fused-ring (bicyclic) bond motifs is 1. The molecular weight excluding hydrogens is 432 g/mol. The fourth-order valence-corrected chi connectivity index (χ4v) is 4.75. The maximum atomic E-state index is 11.6. The van der Waals surface area contributed by atoms with Gasteiger partial charge in [0.15, 0.2) is 14.1 Å². The summed E-state index contributed by atoms with van der Waals surface area (Å²) >= 11 is 0. The molecule has 1 N–H and O–H groups in total. The van der Waals surface area contributed by atoms with Gasteiger partial charge in [0.05, 0.1) is 12.7 Å². The monoisotopic (exact) mass is 466 g/mol. The molecule has 0 radical (unpaired) electrons. The van der Waals surface area contributed by atoms with E-state index in [1.165, 1.54) is 13.8 Å². The Hall–Kier alpha value is -2.24. The van der Waals surface area contributed by atoms with Crippen molar-refractivity contribution in [3.8, 4) is 0 Å². The predicted octanol–water partition coefficient (Wildman–Crippen LogP) is 2.99. The van der Waals surface area contributed by atoms with Crippen LogP contribution in [0.4, 0.5) is 5.82 Å². The quantitative estimate of drug-likeness (QED) is 0.503. The molecule has 3 heterocycles. The molecule has 1 saturated heterocycles. The van der Waals surface area contributed by atoms with Gasteiger partial charge >= 0.3 is 11.9 Å². The van der Waals surface area contributed by atoms with Gasteiger partial charge in [0.1, 0.15) is 36.8 Å². The number of nitrogens with one attached hydrogen (secondary N) is 1. The van der Waals surface area contributed by atoms with Crippen molar-refractivity contribution >= 4 is 32.4 Å². The van der Waals surface area contributed by atoms with Crippen molar-refractivity contribution in [2.24, 2.45) is 4.99 Å². The molecule has 4 atom stereocenters. The number of hydrogen-bond donors (Lipinski definition) is 1. The summed E-state index contributed by atoms with van der Waals surface area (Å²) < 4.78 is 25.1. The van der Waals surface area contributed by atoms with Crippen molar-refractivity contribution in [1.82, 2.24) is 14.9 Å². The first-order valence-corrected chi connectivity index (χ1v) is 13.8. The molecule has 0 aromatic carbocycles. The molecule has 0 aliphatic carbocycles. The molecule has 1 fully saturated rings. The smallest absolute Gasteiger partial charge is 0.303 e. The lowest BCUT2D eigenvalue weighted by Gasteiger charge is -2.38. The molecule has 11 heteroatoms. The zero-order valence-corrected chi connectivity index (χ0v) is 20.9. The van der Waals surface area contributed by atoms with Crippen LogP contribution in [-0.4, -0.2) is 61.5 Å². The third-order valence-corrected chi connectivity index (χ3v) is 10.7. The predicted molar refractivity (Wildman–Crippen MR) is 120 cm³/mol. The van der Waals surface area contributed by atoms with E-state index < -0.39 is 38.7 Å². The van der Waals surface area contributed by atoms with Gasteiger partial charge < -0.3 is 24.0 Å². The Morgan fingerprint density at radius 2 is 2.00 bits per heavy atom. The van der Waals surface area contributed by atoms with Crippen LogP contribution in [-0.2, 0) is 28.2 Å². The first-order chi connectivity index (χ1) is 14.9. The van der Waals surface area contributed by atoms with E-state index in [2.05, 4.69) is 49.2 Å². The molecule has 0 bridgehead atoms. The lowest BCUT2D eigenvalue weighted by molar-refractivity contribution is -0.155. The number of aliphatic imine (C=N–C) groups is 1. The number of ether oxygens (including phenoxy) is 3. The Morgan fingerprint density at radius 1 is 1.28 bits per heavy atom. The summed E-state index contributed by atoms with van der Waals surface area (Å²) in [6.45, 7) is 14.3. The van der Waals surface area contributed by atoms with E-state index in [0.717, 1.165) is 5.69 Å². The molecule has 178 valence electrons. The molecule has 10 nitrogen and oxygen atoms in total. The van der Waals surface area contributed by atoms with Crippen LogP contribution in [0.5, 0.6) is 0 Å². The highest BCUT2D eigenvalue weighted by atomic mass is 28.4. The first kappa shape index (κ1) is 24.4. The molecule has 1 aromatic heterocycles. The SMILES string of the molecule is CC(=O)OC[C@H]1OC(n2cnc3c2N=CNC[C@H]3O[Si](C)(C)C(C)(C)C)CC1OC(C)=O. The number of esters is 2. The van der Waals surface area contributed by atoms with E-state index in [-0.39, 0.29) is 17.7 Å². The Labute approximate surface area is 189 Å². The maximum Gasteiger partial charge on any atom is 0.303 e. The van der Waals surface area contributed by atoms with Crippen LogP contribution in [0.15, 0.2) is 11.3 Å². The van der Waals surface area contributed by atoms with Gasteiger partial charge in [-0.3, -0.25) is 14.2 Å². The molecule has 0 spiro atoms. The molecule has 2 unspecified atom stereocenters. The second-order valence-corrected chi connectivity index (χ2v) is 14.5. The standard InChI is InChI=1S/C21H34N4O6Si/c1-13(26)28-10-17-15(29-14(2)27)8-18(30-17)25-12-24-19-16(9-22-11-23-20(19)25)31-32(6,7)21(3,4)5/h11-12,15-18H,8-10H2,1-7H3,(H,22,23)/t15?,16-,17-,18?/m1/s1. The summed E-state index contributed by atoms with van der Waals surface area (Å²) in [5, 5.41) is 3.24. The van der Waals surface area contributed by atoms with E-state index in [0.29, 0.717) is 18.8 Å². The van der Waals surface area contributed by atoms with Gasteiger partial charge in [-0.1, -0.05) is 20.8 Å². The molecule has 2 aliphatic heterocycles. The number of nitrogens with zero attached hydrogens (tertiary/aromatic N) is 3. The number of hydrogen-bond acceptors (Lipinski definition) is 9. The van der Waals surface area contributed by atoms with Crippen molar-refractivity contribution in [3.63, 3.8) is 0 Å². The highest BCUT2D eigenvalue weighted by molar-refractivity contribution is 6.74. The van der Waals surface area contributed by atoms with Gasteiger partial charge in [0.2, 0.25) is 0 Å². The molecular formula is C21H34N4O6Si. The third-order valence-electron chi connectivity index (χ3n) is 6.18. The van der Waals surface area contributed by atoms with Crippen LogP contribution < -0.4 is 5.32 Å². The zero-order chi connectivity index (χ0) is 23.7. The van der Waals surface area contributed by atoms with E-state index >= 15 is 0 Å². The molecule has 3 rings (SSSR count). The zero-order valence-electron chi connectivity index (χ0n) is 19.9. The normalized spacial score (nSPS) is 25.6. The average Bonchev–Trinajstić information content (AvgIpc) is 3.19. The largest absolute Gasteiger partial charge is 0.463 e. The lowest BCUT2D eigenvalue weighted by Crippen LogP contribution is -2.43. The molecule has 0 amide bonds. The van der Waals surface area contributed by atoms with Crippen LogP contribution >= 0.6 is 0 Å². The highest BCUT2D eigenvalue weighted by Gasteiger charge is 2.43. The summed E-state index contributed by atoms with van der Waals surface area (Å²) in [6, 6.07) is 0. The van der Waals surface area contributed by atoms with Crippen molar-refractivity contribution in [2.45, 2.75) is 83.7 Å². The lowest BCUT2D eigenvalue weighted by atomic mass is 10.2. The van der Waals surface area contributed by atoms with E-state index in [4.69, 9.17) is 18.6 Å². The number of carbonyl (C=O) groups excluding carboxylic acids is 2. The van der Waals surface area contributed by atoms with Crippen LogP contribution in [0.2, 0.25) is 18.1 Å². The summed E-state index contributed by atoms with van der Waals surface area (Å²) in [4.78, 5) is 32.0. The number of aromatic nitrogens is 2. The van der Waals surface area contributed by atoms with E-state index in [9.17, 15) is 9.59 Å². The van der Waals surface area contributed by atoms with Crippen LogP contribution in [0.3, 0.4) is 0 Å². The minimum Gasteiger partial charge on any atom is -0.463 e. The van der Waals surface area contributed by atoms with Gasteiger partial charge in [0, 0.05) is 26.8 Å². The van der Waals surface area contributed by atoms with Crippen molar-refractivity contribution < 1.29 is 28.2 Å². The Balaban J connectivity index is 1.85. The minimum absolute atomic E-state index is 0.00258. The maximum absolute atomic E-state index is 11.6. The number of carbonyl (C=O) groups is 2. The van der Waals surface area contributed by atoms with Gasteiger partial charge in [0.25, 0.3) is 0 Å². The fraction of sp³-hybridized carbons (Fsp3) is 0.714. The second kappa shape index (κ2) is 9.32. The number of rotatable bonds is 6. The average molecular weight is 467 g/mol. The van der Waals surface area contributed by atoms with Gasteiger partial charge in [-0.25, -0.2) is 9.98 Å². The van der Waals surface area contributed by atoms with Crippen LogP contribution in [0.1, 0.15) is 59.1 Å². The van der Waals surface area contributed by atoms with Gasteiger partial charge in [-0.05, 0) is 18.1 Å².